The van der Waals surface area contributed by atoms with Gasteiger partial charge in [-0.3, -0.25) is 9.59 Å². The van der Waals surface area contributed by atoms with Crippen molar-refractivity contribution in [1.82, 2.24) is 10.2 Å². The number of piperidine rings is 1. The highest BCUT2D eigenvalue weighted by Crippen LogP contribution is 2.18. The van der Waals surface area contributed by atoms with Crippen molar-refractivity contribution in [3.8, 4) is 5.75 Å². The molecule has 2 unspecified atom stereocenters. The first-order valence-corrected chi connectivity index (χ1v) is 9.11. The number of ether oxygens (including phenoxy) is 1. The maximum absolute atomic E-state index is 12.5. The van der Waals surface area contributed by atoms with Crippen LogP contribution in [0.4, 0.5) is 0 Å². The van der Waals surface area contributed by atoms with Gasteiger partial charge in [0.05, 0.1) is 5.92 Å². The minimum absolute atomic E-state index is 0.0859. The van der Waals surface area contributed by atoms with Gasteiger partial charge in [0.15, 0.2) is 6.61 Å². The van der Waals surface area contributed by atoms with Gasteiger partial charge >= 0.3 is 5.97 Å². The van der Waals surface area contributed by atoms with E-state index in [1.54, 1.807) is 36.1 Å². The number of likely N-dealkylation sites (tertiary alicyclic amines) is 1. The lowest BCUT2D eigenvalue weighted by Crippen LogP contribution is -2.50. The first-order valence-electron chi connectivity index (χ1n) is 9.11. The molecule has 1 saturated heterocycles. The van der Waals surface area contributed by atoms with E-state index in [0.717, 1.165) is 0 Å². The summed E-state index contributed by atoms with van der Waals surface area (Å²) in [5.41, 5.74) is 0. The van der Waals surface area contributed by atoms with Crippen molar-refractivity contribution in [2.24, 2.45) is 5.92 Å². The standard InChI is InChI=1S/C20H26N2O5/c1-2-3-11-17(20(25)26)21-19(24)15-8-7-12-22(13-15)18(23)14-27-16-9-5-4-6-10-16/h2-6,9-10,15,17H,7-8,11-14H2,1H3,(H,21,24)(H,25,26)/b3-2+. The first kappa shape index (κ1) is 20.5. The highest BCUT2D eigenvalue weighted by molar-refractivity contribution is 5.86. The molecule has 1 fully saturated rings. The number of amides is 2. The second-order valence-corrected chi connectivity index (χ2v) is 6.48. The van der Waals surface area contributed by atoms with E-state index in [0.29, 0.717) is 25.1 Å². The Morgan fingerprint density at radius 3 is 2.74 bits per heavy atom. The fourth-order valence-corrected chi connectivity index (χ4v) is 2.95. The summed E-state index contributed by atoms with van der Waals surface area (Å²) in [4.78, 5) is 37.7. The molecular formula is C20H26N2O5. The van der Waals surface area contributed by atoms with Crippen molar-refractivity contribution in [1.29, 1.82) is 0 Å². The quantitative estimate of drug-likeness (QED) is 0.677. The van der Waals surface area contributed by atoms with Crippen LogP contribution < -0.4 is 10.1 Å². The molecule has 0 saturated carbocycles. The lowest BCUT2D eigenvalue weighted by molar-refractivity contribution is -0.144. The second kappa shape index (κ2) is 10.4. The summed E-state index contributed by atoms with van der Waals surface area (Å²) in [6, 6.07) is 8.11. The minimum Gasteiger partial charge on any atom is -0.484 e. The van der Waals surface area contributed by atoms with Crippen LogP contribution in [0.5, 0.6) is 5.75 Å². The molecule has 1 aliphatic rings. The third kappa shape index (κ3) is 6.44. The Balaban J connectivity index is 1.87. The summed E-state index contributed by atoms with van der Waals surface area (Å²) in [7, 11) is 0. The van der Waals surface area contributed by atoms with E-state index >= 15 is 0 Å². The van der Waals surface area contributed by atoms with Crippen LogP contribution in [0.1, 0.15) is 26.2 Å². The molecule has 0 aliphatic carbocycles. The lowest BCUT2D eigenvalue weighted by Gasteiger charge is -2.32. The second-order valence-electron chi connectivity index (χ2n) is 6.48. The molecule has 1 aromatic carbocycles. The van der Waals surface area contributed by atoms with E-state index in [1.165, 1.54) is 0 Å². The van der Waals surface area contributed by atoms with E-state index in [1.807, 2.05) is 18.2 Å². The summed E-state index contributed by atoms with van der Waals surface area (Å²) in [6.45, 7) is 2.56. The van der Waals surface area contributed by atoms with E-state index < -0.39 is 17.9 Å². The van der Waals surface area contributed by atoms with Crippen molar-refractivity contribution >= 4 is 17.8 Å². The van der Waals surface area contributed by atoms with Crippen LogP contribution in [0, 0.1) is 5.92 Å². The zero-order chi connectivity index (χ0) is 19.6. The SMILES string of the molecule is C/C=C/CC(NC(=O)C1CCCN(C(=O)COc2ccccc2)C1)C(=O)O. The molecule has 0 spiro atoms. The van der Waals surface area contributed by atoms with Crippen molar-refractivity contribution < 1.29 is 24.2 Å². The van der Waals surface area contributed by atoms with Crippen LogP contribution in [-0.2, 0) is 14.4 Å². The van der Waals surface area contributed by atoms with Gasteiger partial charge in [-0.2, -0.15) is 0 Å². The van der Waals surface area contributed by atoms with Gasteiger partial charge < -0.3 is 20.1 Å². The smallest absolute Gasteiger partial charge is 0.326 e. The summed E-state index contributed by atoms with van der Waals surface area (Å²) in [6.07, 6.45) is 5.01. The molecule has 146 valence electrons. The Hall–Kier alpha value is -2.83. The predicted molar refractivity (Wildman–Crippen MR) is 100 cm³/mol. The summed E-state index contributed by atoms with van der Waals surface area (Å²) >= 11 is 0. The maximum atomic E-state index is 12.5. The van der Waals surface area contributed by atoms with E-state index in [4.69, 9.17) is 4.74 Å². The number of allylic oxidation sites excluding steroid dienone is 1. The number of carbonyl (C=O) groups excluding carboxylic acids is 2. The highest BCUT2D eigenvalue weighted by atomic mass is 16.5. The van der Waals surface area contributed by atoms with Gasteiger partial charge in [-0.25, -0.2) is 4.79 Å². The third-order valence-electron chi connectivity index (χ3n) is 4.47. The van der Waals surface area contributed by atoms with Crippen LogP contribution in [0.3, 0.4) is 0 Å². The topological polar surface area (TPSA) is 95.9 Å². The zero-order valence-electron chi connectivity index (χ0n) is 15.5. The van der Waals surface area contributed by atoms with Crippen molar-refractivity contribution in [3.05, 3.63) is 42.5 Å². The molecule has 0 bridgehead atoms. The Morgan fingerprint density at radius 1 is 1.33 bits per heavy atom. The van der Waals surface area contributed by atoms with Crippen molar-refractivity contribution in [2.45, 2.75) is 32.2 Å². The maximum Gasteiger partial charge on any atom is 0.326 e. The van der Waals surface area contributed by atoms with Crippen LogP contribution in [0.2, 0.25) is 0 Å². The fourth-order valence-electron chi connectivity index (χ4n) is 2.95. The molecule has 0 aromatic heterocycles. The van der Waals surface area contributed by atoms with Crippen LogP contribution in [0.25, 0.3) is 0 Å². The molecule has 2 atom stereocenters. The van der Waals surface area contributed by atoms with Gasteiger partial charge in [0.1, 0.15) is 11.8 Å². The summed E-state index contributed by atoms with van der Waals surface area (Å²) in [5.74, 6) is -1.37. The lowest BCUT2D eigenvalue weighted by atomic mass is 9.96. The van der Waals surface area contributed by atoms with Crippen molar-refractivity contribution in [3.63, 3.8) is 0 Å². The molecule has 1 heterocycles. The number of benzene rings is 1. The van der Waals surface area contributed by atoms with E-state index in [-0.39, 0.29) is 31.4 Å². The molecule has 1 aliphatic heterocycles. The van der Waals surface area contributed by atoms with E-state index in [9.17, 15) is 19.5 Å². The molecule has 0 radical (unpaired) electrons. The predicted octanol–water partition coefficient (Wildman–Crippen LogP) is 1.84. The molecule has 2 rings (SSSR count). The zero-order valence-corrected chi connectivity index (χ0v) is 15.5. The van der Waals surface area contributed by atoms with Crippen LogP contribution >= 0.6 is 0 Å². The van der Waals surface area contributed by atoms with Crippen LogP contribution in [-0.4, -0.2) is 53.5 Å². The number of carbonyl (C=O) groups is 3. The molecular weight excluding hydrogens is 348 g/mol. The number of para-hydroxylation sites is 1. The number of aliphatic carboxylic acids is 1. The number of carboxylic acid groups (broad SMARTS) is 1. The number of rotatable bonds is 8. The van der Waals surface area contributed by atoms with Gasteiger partial charge in [0, 0.05) is 13.1 Å². The van der Waals surface area contributed by atoms with E-state index in [2.05, 4.69) is 5.32 Å². The Morgan fingerprint density at radius 2 is 2.07 bits per heavy atom. The van der Waals surface area contributed by atoms with Gasteiger partial charge in [0.2, 0.25) is 5.91 Å². The molecule has 2 amide bonds. The largest absolute Gasteiger partial charge is 0.484 e. The van der Waals surface area contributed by atoms with Gasteiger partial charge in [-0.05, 0) is 38.3 Å². The number of nitrogens with one attached hydrogen (secondary N) is 1. The molecule has 2 N–H and O–H groups in total. The minimum atomic E-state index is -1.07. The van der Waals surface area contributed by atoms with Gasteiger partial charge in [-0.1, -0.05) is 30.4 Å². The molecule has 7 nitrogen and oxygen atoms in total. The molecule has 1 aromatic rings. The Bertz CT molecular complexity index is 674. The normalized spacial score (nSPS) is 18.1. The fraction of sp³-hybridized carbons (Fsp3) is 0.450. The van der Waals surface area contributed by atoms with Crippen LogP contribution in [0.15, 0.2) is 42.5 Å². The average Bonchev–Trinajstić information content (AvgIpc) is 2.69. The Labute approximate surface area is 159 Å². The number of carboxylic acids is 1. The first-order chi connectivity index (χ1) is 13.0. The van der Waals surface area contributed by atoms with Gasteiger partial charge in [-0.15, -0.1) is 0 Å². The number of hydrogen-bond donors (Lipinski definition) is 2. The average molecular weight is 374 g/mol. The summed E-state index contributed by atoms with van der Waals surface area (Å²) < 4.78 is 5.48. The molecule has 27 heavy (non-hydrogen) atoms. The molecule has 7 heteroatoms. The monoisotopic (exact) mass is 374 g/mol. The highest BCUT2D eigenvalue weighted by Gasteiger charge is 2.30. The summed E-state index contributed by atoms with van der Waals surface area (Å²) in [5, 5.41) is 11.8. The van der Waals surface area contributed by atoms with Crippen molar-refractivity contribution in [2.75, 3.05) is 19.7 Å². The third-order valence-corrected chi connectivity index (χ3v) is 4.47. The Kier molecular flexibility index (Phi) is 7.85. The number of hydrogen-bond acceptors (Lipinski definition) is 4. The number of nitrogens with zero attached hydrogens (tertiary/aromatic N) is 1. The van der Waals surface area contributed by atoms with Gasteiger partial charge in [0.25, 0.3) is 5.91 Å².